The molecule has 3 rings (SSSR count). The summed E-state index contributed by atoms with van der Waals surface area (Å²) in [4.78, 5) is 14.7. The molecule has 1 amide bonds. The topological polar surface area (TPSA) is 102 Å². The van der Waals surface area contributed by atoms with Crippen molar-refractivity contribution in [2.75, 3.05) is 31.2 Å². The van der Waals surface area contributed by atoms with Crippen molar-refractivity contribution in [3.63, 3.8) is 0 Å². The quantitative estimate of drug-likeness (QED) is 0.793. The molecule has 140 valence electrons. The Morgan fingerprint density at radius 2 is 2.04 bits per heavy atom. The highest BCUT2D eigenvalue weighted by atomic mass is 35.5. The van der Waals surface area contributed by atoms with E-state index in [1.165, 1.54) is 0 Å². The van der Waals surface area contributed by atoms with Crippen LogP contribution >= 0.6 is 12.4 Å². The summed E-state index contributed by atoms with van der Waals surface area (Å²) < 4.78 is 32.2. The highest BCUT2D eigenvalue weighted by Crippen LogP contribution is 2.33. The highest BCUT2D eigenvalue weighted by molar-refractivity contribution is 7.89. The molecule has 25 heavy (non-hydrogen) atoms. The molecule has 0 spiro atoms. The third-order valence-electron chi connectivity index (χ3n) is 4.65. The molecule has 7 nitrogen and oxygen atoms in total. The number of halogens is 1. The number of amides is 1. The molecule has 0 aliphatic carbocycles. The van der Waals surface area contributed by atoms with E-state index in [0.29, 0.717) is 51.3 Å². The van der Waals surface area contributed by atoms with E-state index in [1.807, 2.05) is 0 Å². The van der Waals surface area contributed by atoms with E-state index >= 15 is 0 Å². The van der Waals surface area contributed by atoms with Crippen molar-refractivity contribution < 1.29 is 17.9 Å². The summed E-state index contributed by atoms with van der Waals surface area (Å²) in [6.45, 7) is 3.51. The van der Waals surface area contributed by atoms with Crippen LogP contribution in [0.25, 0.3) is 0 Å². The number of sulfonamides is 1. The number of rotatable bonds is 4. The molecule has 9 heteroatoms. The first kappa shape index (κ1) is 20.1. The molecular formula is C16H24ClN3O4S. The second-order valence-electron chi connectivity index (χ2n) is 6.27. The Morgan fingerprint density at radius 1 is 1.36 bits per heavy atom. The average Bonchev–Trinajstić information content (AvgIpc) is 2.97. The van der Waals surface area contributed by atoms with E-state index in [2.05, 4.69) is 4.72 Å². The van der Waals surface area contributed by atoms with Crippen molar-refractivity contribution in [3.8, 4) is 0 Å². The Hall–Kier alpha value is -1.19. The number of hydrogen-bond acceptors (Lipinski definition) is 5. The van der Waals surface area contributed by atoms with Crippen molar-refractivity contribution in [2.45, 2.75) is 36.6 Å². The molecule has 2 heterocycles. The minimum absolute atomic E-state index is 0. The number of nitrogens with two attached hydrogens (primary N) is 1. The Bertz CT molecular complexity index is 748. The van der Waals surface area contributed by atoms with Gasteiger partial charge in [-0.15, -0.1) is 12.4 Å². The van der Waals surface area contributed by atoms with Crippen LogP contribution in [0.1, 0.15) is 25.3 Å². The van der Waals surface area contributed by atoms with Crippen molar-refractivity contribution in [1.29, 1.82) is 0 Å². The van der Waals surface area contributed by atoms with Gasteiger partial charge in [-0.25, -0.2) is 13.1 Å². The van der Waals surface area contributed by atoms with Crippen LogP contribution in [0.5, 0.6) is 0 Å². The van der Waals surface area contributed by atoms with E-state index in [1.54, 1.807) is 30.0 Å². The number of fused-ring (bicyclic) bond motifs is 1. The van der Waals surface area contributed by atoms with Gasteiger partial charge in [0.2, 0.25) is 15.9 Å². The number of ether oxygens (including phenoxy) is 1. The molecule has 2 aliphatic heterocycles. The average molecular weight is 390 g/mol. The van der Waals surface area contributed by atoms with Gasteiger partial charge >= 0.3 is 0 Å². The van der Waals surface area contributed by atoms with Crippen molar-refractivity contribution in [1.82, 2.24) is 4.72 Å². The molecule has 0 atom stereocenters. The SMILES string of the molecule is CCNS(=O)(=O)c1ccc2c(c1)N(C(=O)C1(N)CCOCC1)CC2.Cl. The number of nitrogens with one attached hydrogen (secondary N) is 1. The molecule has 3 N–H and O–H groups in total. The minimum Gasteiger partial charge on any atom is -0.381 e. The van der Waals surface area contributed by atoms with Crippen molar-refractivity contribution in [3.05, 3.63) is 23.8 Å². The van der Waals surface area contributed by atoms with Crippen molar-refractivity contribution in [2.24, 2.45) is 5.73 Å². The lowest BCUT2D eigenvalue weighted by atomic mass is 9.89. The predicted molar refractivity (Wildman–Crippen MR) is 97.6 cm³/mol. The fourth-order valence-electron chi connectivity index (χ4n) is 3.23. The standard InChI is InChI=1S/C16H23N3O4S.ClH/c1-2-18-24(21,22)13-4-3-12-5-8-19(14(12)11-13)15(20)16(17)6-9-23-10-7-16;/h3-4,11,18H,2,5-10,17H2,1H3;1H. The summed E-state index contributed by atoms with van der Waals surface area (Å²) >= 11 is 0. The van der Waals surface area contributed by atoms with E-state index in [9.17, 15) is 13.2 Å². The summed E-state index contributed by atoms with van der Waals surface area (Å²) in [6, 6.07) is 4.93. The molecule has 0 unspecified atom stereocenters. The van der Waals surface area contributed by atoms with Crippen LogP contribution in [0.15, 0.2) is 23.1 Å². The first-order chi connectivity index (χ1) is 11.4. The van der Waals surface area contributed by atoms with Crippen LogP contribution in [-0.2, 0) is 26.0 Å². The van der Waals surface area contributed by atoms with Crippen molar-refractivity contribution >= 4 is 34.0 Å². The molecule has 2 aliphatic rings. The maximum absolute atomic E-state index is 13.0. The lowest BCUT2D eigenvalue weighted by Crippen LogP contribution is -2.58. The molecule has 0 bridgehead atoms. The summed E-state index contributed by atoms with van der Waals surface area (Å²) in [6.07, 6.45) is 1.66. The zero-order valence-electron chi connectivity index (χ0n) is 14.2. The van der Waals surface area contributed by atoms with Gasteiger partial charge in [0.1, 0.15) is 5.54 Å². The Morgan fingerprint density at radius 3 is 2.68 bits per heavy atom. The zero-order chi connectivity index (χ0) is 17.4. The largest absolute Gasteiger partial charge is 0.381 e. The van der Waals surface area contributed by atoms with Crippen LogP contribution in [0.3, 0.4) is 0 Å². The van der Waals surface area contributed by atoms with Gasteiger partial charge in [0.15, 0.2) is 0 Å². The molecule has 1 saturated heterocycles. The smallest absolute Gasteiger partial charge is 0.247 e. The number of carbonyl (C=O) groups is 1. The molecule has 1 aromatic rings. The summed E-state index contributed by atoms with van der Waals surface area (Å²) in [5.41, 5.74) is 6.99. The molecule has 0 radical (unpaired) electrons. The highest BCUT2D eigenvalue weighted by Gasteiger charge is 2.41. The summed E-state index contributed by atoms with van der Waals surface area (Å²) in [5.74, 6) is -0.150. The molecule has 0 aromatic heterocycles. The third kappa shape index (κ3) is 3.83. The normalized spacial score (nSPS) is 19.2. The number of hydrogen-bond donors (Lipinski definition) is 2. The van der Waals surface area contributed by atoms with E-state index in [-0.39, 0.29) is 23.2 Å². The second-order valence-corrected chi connectivity index (χ2v) is 8.03. The molecule has 1 fully saturated rings. The third-order valence-corrected chi connectivity index (χ3v) is 6.20. The Balaban J connectivity index is 0.00000225. The van der Waals surface area contributed by atoms with E-state index in [4.69, 9.17) is 10.5 Å². The van der Waals surface area contributed by atoms with E-state index < -0.39 is 15.6 Å². The first-order valence-electron chi connectivity index (χ1n) is 8.18. The maximum Gasteiger partial charge on any atom is 0.247 e. The lowest BCUT2D eigenvalue weighted by Gasteiger charge is -2.35. The minimum atomic E-state index is -3.56. The van der Waals surface area contributed by atoms with Gasteiger partial charge in [0.05, 0.1) is 4.90 Å². The van der Waals surface area contributed by atoms with Crippen LogP contribution in [0.2, 0.25) is 0 Å². The fourth-order valence-corrected chi connectivity index (χ4v) is 4.29. The number of anilines is 1. The van der Waals surface area contributed by atoms with Gasteiger partial charge < -0.3 is 15.4 Å². The fraction of sp³-hybridized carbons (Fsp3) is 0.562. The Labute approximate surface area is 154 Å². The monoisotopic (exact) mass is 389 g/mol. The first-order valence-corrected chi connectivity index (χ1v) is 9.67. The summed E-state index contributed by atoms with van der Waals surface area (Å²) in [5, 5.41) is 0. The molecule has 0 saturated carbocycles. The van der Waals surface area contributed by atoms with Gasteiger partial charge in [-0.1, -0.05) is 13.0 Å². The molecular weight excluding hydrogens is 366 g/mol. The number of carbonyl (C=O) groups excluding carboxylic acids is 1. The van der Waals surface area contributed by atoms with Gasteiger partial charge in [0.25, 0.3) is 0 Å². The zero-order valence-corrected chi connectivity index (χ0v) is 15.8. The van der Waals surface area contributed by atoms with E-state index in [0.717, 1.165) is 5.56 Å². The van der Waals surface area contributed by atoms with Gasteiger partial charge in [0, 0.05) is 32.0 Å². The number of nitrogens with zero attached hydrogens (tertiary/aromatic N) is 1. The van der Waals surface area contributed by atoms with Gasteiger partial charge in [-0.2, -0.15) is 0 Å². The summed E-state index contributed by atoms with van der Waals surface area (Å²) in [7, 11) is -3.56. The van der Waals surface area contributed by atoms with Crippen LogP contribution in [0, 0.1) is 0 Å². The maximum atomic E-state index is 13.0. The van der Waals surface area contributed by atoms with Crippen LogP contribution < -0.4 is 15.4 Å². The van der Waals surface area contributed by atoms with Crippen LogP contribution in [-0.4, -0.2) is 46.2 Å². The molecule has 1 aromatic carbocycles. The van der Waals surface area contributed by atoms with Gasteiger partial charge in [-0.05, 0) is 37.0 Å². The lowest BCUT2D eigenvalue weighted by molar-refractivity contribution is -0.126. The van der Waals surface area contributed by atoms with Gasteiger partial charge in [-0.3, -0.25) is 4.79 Å². The number of benzene rings is 1. The van der Waals surface area contributed by atoms with Crippen LogP contribution in [0.4, 0.5) is 5.69 Å². The predicted octanol–water partition coefficient (Wildman–Crippen LogP) is 0.804. The Kier molecular flexibility index (Phi) is 6.11. The second kappa shape index (κ2) is 7.59.